The van der Waals surface area contributed by atoms with Gasteiger partial charge in [-0.3, -0.25) is 4.99 Å². The van der Waals surface area contributed by atoms with Crippen LogP contribution in [0.5, 0.6) is 0 Å². The van der Waals surface area contributed by atoms with Crippen LogP contribution in [0.3, 0.4) is 0 Å². The van der Waals surface area contributed by atoms with E-state index >= 15 is 0 Å². The monoisotopic (exact) mass is 462 g/mol. The molecule has 2 N–H and O–H groups in total. The molecule has 0 amide bonds. The molecule has 2 aromatic heterocycles. The van der Waals surface area contributed by atoms with Crippen LogP contribution in [0.4, 0.5) is 0 Å². The van der Waals surface area contributed by atoms with Crippen LogP contribution in [0.15, 0.2) is 23.6 Å². The third kappa shape index (κ3) is 6.76. The Balaban J connectivity index is 0.00000288. The molecule has 2 heterocycles. The molecule has 2 rings (SSSR count). The molecule has 2 aromatic rings. The Labute approximate surface area is 165 Å². The molecule has 0 fully saturated rings. The Morgan fingerprint density at radius 3 is 2.75 bits per heavy atom. The summed E-state index contributed by atoms with van der Waals surface area (Å²) in [6.45, 7) is 8.94. The molecule has 0 saturated heterocycles. The van der Waals surface area contributed by atoms with Crippen molar-refractivity contribution in [2.45, 2.75) is 40.3 Å². The minimum Gasteiger partial charge on any atom is -0.356 e. The number of halogens is 1. The van der Waals surface area contributed by atoms with E-state index in [2.05, 4.69) is 50.9 Å². The molecule has 24 heavy (non-hydrogen) atoms. The SMILES string of the molecule is CN=C(NCCc1ncc(C)s1)NCc1nccn1CC(C)C.I. The minimum atomic E-state index is 0. The van der Waals surface area contributed by atoms with E-state index < -0.39 is 0 Å². The van der Waals surface area contributed by atoms with Crippen molar-refractivity contribution >= 4 is 41.3 Å². The van der Waals surface area contributed by atoms with Crippen molar-refractivity contribution in [1.82, 2.24) is 25.2 Å². The summed E-state index contributed by atoms with van der Waals surface area (Å²) in [4.78, 5) is 14.3. The van der Waals surface area contributed by atoms with Gasteiger partial charge < -0.3 is 15.2 Å². The molecule has 6 nitrogen and oxygen atoms in total. The maximum atomic E-state index is 4.42. The highest BCUT2D eigenvalue weighted by atomic mass is 127. The standard InChI is InChI=1S/C16H26N6S.HI/c1-12(2)11-22-8-7-18-14(22)10-21-16(17-4)19-6-5-15-20-9-13(3)23-15;/h7-9,12H,5-6,10-11H2,1-4H3,(H2,17,19,21);1H. The average molecular weight is 462 g/mol. The van der Waals surface area contributed by atoms with Gasteiger partial charge in [-0.05, 0) is 12.8 Å². The second kappa shape index (κ2) is 10.7. The molecule has 134 valence electrons. The largest absolute Gasteiger partial charge is 0.356 e. The minimum absolute atomic E-state index is 0. The number of rotatable bonds is 7. The van der Waals surface area contributed by atoms with Gasteiger partial charge in [0.05, 0.1) is 11.6 Å². The predicted molar refractivity (Wildman–Crippen MR) is 111 cm³/mol. The first-order valence-electron chi connectivity index (χ1n) is 7.94. The number of hydrogen-bond acceptors (Lipinski definition) is 4. The van der Waals surface area contributed by atoms with Crippen LogP contribution in [-0.2, 0) is 19.5 Å². The highest BCUT2D eigenvalue weighted by Crippen LogP contribution is 2.10. The number of nitrogens with one attached hydrogen (secondary N) is 2. The molecule has 8 heteroatoms. The van der Waals surface area contributed by atoms with Crippen LogP contribution in [0.25, 0.3) is 0 Å². The van der Waals surface area contributed by atoms with E-state index in [-0.39, 0.29) is 24.0 Å². The fourth-order valence-electron chi connectivity index (χ4n) is 2.26. The van der Waals surface area contributed by atoms with Gasteiger partial charge in [-0.25, -0.2) is 9.97 Å². The first kappa shape index (κ1) is 20.9. The molecular formula is C16H27IN6S. The quantitative estimate of drug-likeness (QED) is 0.377. The van der Waals surface area contributed by atoms with Crippen molar-refractivity contribution in [3.8, 4) is 0 Å². The second-order valence-corrected chi connectivity index (χ2v) is 7.18. The third-order valence-corrected chi connectivity index (χ3v) is 4.27. The van der Waals surface area contributed by atoms with Gasteiger partial charge >= 0.3 is 0 Å². The number of thiazole rings is 1. The molecule has 0 bridgehead atoms. The Kier molecular flexibility index (Phi) is 9.27. The van der Waals surface area contributed by atoms with Crippen molar-refractivity contribution < 1.29 is 0 Å². The van der Waals surface area contributed by atoms with Crippen molar-refractivity contribution in [1.29, 1.82) is 0 Å². The average Bonchev–Trinajstić information content (AvgIpc) is 3.11. The van der Waals surface area contributed by atoms with Gasteiger partial charge in [0, 0.05) is 50.0 Å². The van der Waals surface area contributed by atoms with Crippen LogP contribution >= 0.6 is 35.3 Å². The zero-order chi connectivity index (χ0) is 16.7. The lowest BCUT2D eigenvalue weighted by Crippen LogP contribution is -2.38. The number of aromatic nitrogens is 3. The molecule has 0 saturated carbocycles. The summed E-state index contributed by atoms with van der Waals surface area (Å²) in [5, 5.41) is 7.78. The molecule has 0 radical (unpaired) electrons. The van der Waals surface area contributed by atoms with Crippen LogP contribution < -0.4 is 10.6 Å². The van der Waals surface area contributed by atoms with E-state index in [9.17, 15) is 0 Å². The van der Waals surface area contributed by atoms with Gasteiger partial charge in [0.25, 0.3) is 0 Å². The van der Waals surface area contributed by atoms with E-state index in [0.717, 1.165) is 36.3 Å². The van der Waals surface area contributed by atoms with Crippen LogP contribution in [-0.4, -0.2) is 34.1 Å². The summed E-state index contributed by atoms with van der Waals surface area (Å²) in [6.07, 6.45) is 6.70. The smallest absolute Gasteiger partial charge is 0.191 e. The zero-order valence-corrected chi connectivity index (χ0v) is 17.9. The van der Waals surface area contributed by atoms with Crippen molar-refractivity contribution in [2.24, 2.45) is 10.9 Å². The highest BCUT2D eigenvalue weighted by Gasteiger charge is 2.06. The lowest BCUT2D eigenvalue weighted by Gasteiger charge is -2.13. The number of hydrogen-bond donors (Lipinski definition) is 2. The molecule has 0 aliphatic carbocycles. The summed E-state index contributed by atoms with van der Waals surface area (Å²) in [6, 6.07) is 0. The predicted octanol–water partition coefficient (Wildman–Crippen LogP) is 2.83. The first-order valence-corrected chi connectivity index (χ1v) is 8.76. The number of imidazole rings is 1. The van der Waals surface area contributed by atoms with Crippen LogP contribution in [0, 0.1) is 12.8 Å². The summed E-state index contributed by atoms with van der Waals surface area (Å²) >= 11 is 1.74. The lowest BCUT2D eigenvalue weighted by molar-refractivity contribution is 0.503. The summed E-state index contributed by atoms with van der Waals surface area (Å²) in [5.41, 5.74) is 0. The lowest BCUT2D eigenvalue weighted by atomic mass is 10.2. The van der Waals surface area contributed by atoms with Gasteiger partial charge in [-0.15, -0.1) is 35.3 Å². The van der Waals surface area contributed by atoms with E-state index in [1.807, 2.05) is 18.6 Å². The van der Waals surface area contributed by atoms with Crippen LogP contribution in [0.1, 0.15) is 29.6 Å². The first-order chi connectivity index (χ1) is 11.1. The molecule has 0 unspecified atom stereocenters. The van der Waals surface area contributed by atoms with Gasteiger partial charge in [0.1, 0.15) is 5.82 Å². The molecule has 0 atom stereocenters. The highest BCUT2D eigenvalue weighted by molar-refractivity contribution is 14.0. The zero-order valence-electron chi connectivity index (χ0n) is 14.7. The third-order valence-electron chi connectivity index (χ3n) is 3.30. The topological polar surface area (TPSA) is 67.1 Å². The molecular weight excluding hydrogens is 435 g/mol. The number of aliphatic imine (C=N–C) groups is 1. The summed E-state index contributed by atoms with van der Waals surface area (Å²) in [5.74, 6) is 2.41. The Morgan fingerprint density at radius 2 is 2.12 bits per heavy atom. The Hall–Kier alpha value is -1.16. The maximum Gasteiger partial charge on any atom is 0.191 e. The maximum absolute atomic E-state index is 4.42. The Bertz CT molecular complexity index is 634. The van der Waals surface area contributed by atoms with Crippen molar-refractivity contribution in [3.05, 3.63) is 34.3 Å². The summed E-state index contributed by atoms with van der Waals surface area (Å²) < 4.78 is 2.18. The van der Waals surface area contributed by atoms with Crippen LogP contribution in [0.2, 0.25) is 0 Å². The van der Waals surface area contributed by atoms with Gasteiger partial charge in [0.2, 0.25) is 0 Å². The second-order valence-electron chi connectivity index (χ2n) is 5.86. The van der Waals surface area contributed by atoms with E-state index in [0.29, 0.717) is 12.5 Å². The molecule has 0 spiro atoms. The van der Waals surface area contributed by atoms with E-state index in [1.54, 1.807) is 18.4 Å². The summed E-state index contributed by atoms with van der Waals surface area (Å²) in [7, 11) is 1.78. The molecule has 0 aliphatic heterocycles. The normalized spacial score (nSPS) is 11.5. The number of aryl methyl sites for hydroxylation is 1. The Morgan fingerprint density at radius 1 is 1.33 bits per heavy atom. The molecule has 0 aliphatic rings. The number of nitrogens with zero attached hydrogens (tertiary/aromatic N) is 4. The fraction of sp³-hybridized carbons (Fsp3) is 0.562. The van der Waals surface area contributed by atoms with Gasteiger partial charge in [-0.2, -0.15) is 0 Å². The van der Waals surface area contributed by atoms with E-state index in [4.69, 9.17) is 0 Å². The number of guanidine groups is 1. The molecule has 0 aromatic carbocycles. The van der Waals surface area contributed by atoms with Crippen molar-refractivity contribution in [2.75, 3.05) is 13.6 Å². The van der Waals surface area contributed by atoms with Gasteiger partial charge in [0.15, 0.2) is 5.96 Å². The van der Waals surface area contributed by atoms with Gasteiger partial charge in [-0.1, -0.05) is 13.8 Å². The van der Waals surface area contributed by atoms with Crippen molar-refractivity contribution in [3.63, 3.8) is 0 Å². The van der Waals surface area contributed by atoms with E-state index in [1.165, 1.54) is 4.88 Å². The fourth-order valence-corrected chi connectivity index (χ4v) is 3.04.